The van der Waals surface area contributed by atoms with E-state index in [9.17, 15) is 4.21 Å². The molecule has 3 N–H and O–H groups in total. The van der Waals surface area contributed by atoms with Crippen molar-refractivity contribution in [2.45, 2.75) is 131 Å². The van der Waals surface area contributed by atoms with Crippen molar-refractivity contribution in [2.75, 3.05) is 23.3 Å². The van der Waals surface area contributed by atoms with Gasteiger partial charge >= 0.3 is 11.3 Å². The molecule has 5 aromatic rings. The Hall–Kier alpha value is -4.51. The van der Waals surface area contributed by atoms with Crippen LogP contribution in [0.5, 0.6) is 17.2 Å². The summed E-state index contributed by atoms with van der Waals surface area (Å²) in [4.78, 5) is 4.86. The van der Waals surface area contributed by atoms with E-state index in [1.54, 1.807) is 4.63 Å². The van der Waals surface area contributed by atoms with Crippen molar-refractivity contribution < 1.29 is 17.9 Å². The first-order chi connectivity index (χ1) is 26.5. The van der Waals surface area contributed by atoms with Gasteiger partial charge in [0, 0.05) is 28.4 Å². The maximum absolute atomic E-state index is 13.6. The molecule has 0 bridgehead atoms. The average molecular weight is 771 g/mol. The van der Waals surface area contributed by atoms with Gasteiger partial charge in [0.25, 0.3) is 0 Å². The Kier molecular flexibility index (Phi) is 15.5. The molecule has 10 nitrogen and oxygen atoms in total. The van der Waals surface area contributed by atoms with Crippen molar-refractivity contribution >= 4 is 34.0 Å². The van der Waals surface area contributed by atoms with Crippen LogP contribution < -0.4 is 23.7 Å². The van der Waals surface area contributed by atoms with Gasteiger partial charge in [0.15, 0.2) is 23.0 Å². The molecule has 0 aliphatic carbocycles. The van der Waals surface area contributed by atoms with E-state index in [-0.39, 0.29) is 5.41 Å². The minimum absolute atomic E-state index is 0.0768. The molecule has 0 aliphatic heterocycles. The fourth-order valence-corrected chi connectivity index (χ4v) is 6.97. The highest BCUT2D eigenvalue weighted by Gasteiger charge is 2.20. The molecule has 3 aromatic carbocycles. The lowest BCUT2D eigenvalue weighted by Crippen LogP contribution is -2.12. The van der Waals surface area contributed by atoms with Crippen molar-refractivity contribution in [1.82, 2.24) is 19.8 Å². The molecule has 0 radical (unpaired) electrons. The first-order valence-electron chi connectivity index (χ1n) is 20.2. The van der Waals surface area contributed by atoms with Crippen LogP contribution in [0.25, 0.3) is 17.0 Å². The summed E-state index contributed by atoms with van der Waals surface area (Å²) in [5.41, 5.74) is 6.67. The summed E-state index contributed by atoms with van der Waals surface area (Å²) < 4.78 is 36.8. The molecule has 298 valence electrons. The normalized spacial score (nSPS) is 12.2. The number of hydrogen-bond acceptors (Lipinski definition) is 7. The third-order valence-electron chi connectivity index (χ3n) is 9.52. The number of fused-ring (bicyclic) bond motifs is 1. The van der Waals surface area contributed by atoms with Gasteiger partial charge in [-0.15, -0.1) is 5.10 Å². The summed E-state index contributed by atoms with van der Waals surface area (Å²) in [7, 11) is 0. The van der Waals surface area contributed by atoms with Gasteiger partial charge in [-0.1, -0.05) is 111 Å². The molecule has 0 fully saturated rings. The molecule has 0 aliphatic rings. The van der Waals surface area contributed by atoms with E-state index < -0.39 is 11.3 Å². The Morgan fingerprint density at radius 1 is 0.709 bits per heavy atom. The second-order valence-electron chi connectivity index (χ2n) is 15.7. The van der Waals surface area contributed by atoms with Gasteiger partial charge in [0.1, 0.15) is 5.75 Å². The zero-order chi connectivity index (χ0) is 39.2. The number of benzene rings is 3. The maximum atomic E-state index is 13.6. The van der Waals surface area contributed by atoms with Crippen molar-refractivity contribution in [3.63, 3.8) is 0 Å². The second kappa shape index (κ2) is 20.4. The average Bonchev–Trinajstić information content (AvgIpc) is 3.73. The summed E-state index contributed by atoms with van der Waals surface area (Å²) >= 11 is -1.94. The SMILES string of the molecule is CCCCCCCCOc1ccc(C)cc1Nc1cc(NS(=O)Oc2cc(C)ccc2OCCCCCCCC)cc(-c2nc3cc(C(C)(C)C)[nH]n3n2)c1. The summed E-state index contributed by atoms with van der Waals surface area (Å²) in [5, 5.41) is 11.7. The van der Waals surface area contributed by atoms with Crippen LogP contribution in [0.4, 0.5) is 17.1 Å². The van der Waals surface area contributed by atoms with E-state index in [1.807, 2.05) is 55.5 Å². The van der Waals surface area contributed by atoms with Crippen LogP contribution in [0, 0.1) is 13.8 Å². The number of nitrogens with zero attached hydrogens (tertiary/aromatic N) is 3. The van der Waals surface area contributed by atoms with Crippen LogP contribution in [0.3, 0.4) is 0 Å². The highest BCUT2D eigenvalue weighted by molar-refractivity contribution is 7.82. The maximum Gasteiger partial charge on any atom is 0.316 e. The number of H-pyrrole nitrogens is 1. The van der Waals surface area contributed by atoms with E-state index in [1.165, 1.54) is 51.4 Å². The fraction of sp³-hybridized carbons (Fsp3) is 0.500. The second-order valence-corrected chi connectivity index (χ2v) is 16.5. The zero-order valence-corrected chi connectivity index (χ0v) is 34.9. The number of aromatic nitrogens is 4. The van der Waals surface area contributed by atoms with Crippen LogP contribution in [0.1, 0.15) is 128 Å². The molecule has 0 amide bonds. The van der Waals surface area contributed by atoms with Crippen molar-refractivity contribution in [2.24, 2.45) is 0 Å². The van der Waals surface area contributed by atoms with Gasteiger partial charge < -0.3 is 19.0 Å². The van der Waals surface area contributed by atoms with Crippen LogP contribution in [-0.2, 0) is 16.7 Å². The van der Waals surface area contributed by atoms with E-state index in [4.69, 9.17) is 23.7 Å². The predicted molar refractivity (Wildman–Crippen MR) is 227 cm³/mol. The summed E-state index contributed by atoms with van der Waals surface area (Å²) in [6, 6.07) is 19.7. The molecule has 0 saturated heterocycles. The minimum Gasteiger partial charge on any atom is -0.491 e. The Bertz CT molecular complexity index is 1950. The molecule has 2 aromatic heterocycles. The number of nitrogens with one attached hydrogen (secondary N) is 3. The van der Waals surface area contributed by atoms with Crippen LogP contribution in [0.15, 0.2) is 60.7 Å². The predicted octanol–water partition coefficient (Wildman–Crippen LogP) is 11.9. The zero-order valence-electron chi connectivity index (χ0n) is 34.1. The quantitative estimate of drug-likeness (QED) is 0.0567. The lowest BCUT2D eigenvalue weighted by atomic mass is 9.93. The molecule has 1 unspecified atom stereocenters. The number of aryl methyl sites for hydroxylation is 2. The molecule has 5 rings (SSSR count). The first-order valence-corrected chi connectivity index (χ1v) is 21.3. The minimum atomic E-state index is -1.94. The van der Waals surface area contributed by atoms with Gasteiger partial charge in [-0.2, -0.15) is 8.84 Å². The fourth-order valence-electron chi connectivity index (χ4n) is 6.32. The monoisotopic (exact) mass is 770 g/mol. The number of aromatic amines is 1. The number of hydrogen-bond donors (Lipinski definition) is 3. The third kappa shape index (κ3) is 12.8. The van der Waals surface area contributed by atoms with Gasteiger partial charge in [-0.05, 0) is 80.3 Å². The summed E-state index contributed by atoms with van der Waals surface area (Å²) in [6.07, 6.45) is 14.2. The molecule has 1 atom stereocenters. The highest BCUT2D eigenvalue weighted by Crippen LogP contribution is 2.34. The summed E-state index contributed by atoms with van der Waals surface area (Å²) in [6.45, 7) is 16.2. The van der Waals surface area contributed by atoms with Gasteiger partial charge in [0.05, 0.1) is 24.6 Å². The molecule has 0 saturated carbocycles. The van der Waals surface area contributed by atoms with Crippen LogP contribution in [-0.4, -0.2) is 37.2 Å². The number of ether oxygens (including phenoxy) is 2. The smallest absolute Gasteiger partial charge is 0.316 e. The highest BCUT2D eigenvalue weighted by atomic mass is 32.2. The topological polar surface area (TPSA) is 115 Å². The van der Waals surface area contributed by atoms with Crippen LogP contribution in [0.2, 0.25) is 0 Å². The molecule has 55 heavy (non-hydrogen) atoms. The van der Waals surface area contributed by atoms with E-state index in [0.717, 1.165) is 70.8 Å². The van der Waals surface area contributed by atoms with Crippen molar-refractivity contribution in [3.05, 3.63) is 77.5 Å². The van der Waals surface area contributed by atoms with E-state index in [2.05, 4.69) is 68.8 Å². The van der Waals surface area contributed by atoms with E-state index in [0.29, 0.717) is 36.2 Å². The molecule has 11 heteroatoms. The van der Waals surface area contributed by atoms with Crippen molar-refractivity contribution in [1.29, 1.82) is 0 Å². The molecular formula is C44H62N6O4S. The Morgan fingerprint density at radius 3 is 1.96 bits per heavy atom. The van der Waals surface area contributed by atoms with Gasteiger partial charge in [-0.3, -0.25) is 9.82 Å². The molecule has 0 spiro atoms. The first kappa shape index (κ1) is 41.6. The number of anilines is 3. The van der Waals surface area contributed by atoms with Gasteiger partial charge in [-0.25, -0.2) is 4.98 Å². The largest absolute Gasteiger partial charge is 0.491 e. The Labute approximate surface area is 330 Å². The third-order valence-corrected chi connectivity index (χ3v) is 10.3. The lowest BCUT2D eigenvalue weighted by Gasteiger charge is -2.17. The van der Waals surface area contributed by atoms with Gasteiger partial charge in [0.2, 0.25) is 0 Å². The molecule has 2 heterocycles. The molecular weight excluding hydrogens is 709 g/mol. The Morgan fingerprint density at radius 2 is 1.31 bits per heavy atom. The Balaban J connectivity index is 1.36. The van der Waals surface area contributed by atoms with Crippen molar-refractivity contribution in [3.8, 4) is 28.6 Å². The lowest BCUT2D eigenvalue weighted by molar-refractivity contribution is 0.296. The van der Waals surface area contributed by atoms with Crippen LogP contribution >= 0.6 is 0 Å². The summed E-state index contributed by atoms with van der Waals surface area (Å²) in [5.74, 6) is 2.31. The number of unbranched alkanes of at least 4 members (excludes halogenated alkanes) is 10. The standard InChI is InChI=1S/C44H62N6O4S/c1-8-10-12-14-16-18-24-52-38-22-20-32(3)26-37(38)45-35-28-34(43-46-42-31-41(44(5,6)7)47-50(42)48-43)29-36(30-35)49-55(51)54-40-27-33(4)21-23-39(40)53-25-19-17-15-13-11-9-2/h20-23,26-31,45,47,49H,8-19,24-25H2,1-7H3. The van der Waals surface area contributed by atoms with E-state index >= 15 is 0 Å². The number of rotatable bonds is 23.